The number of ether oxygens (including phenoxy) is 4. The lowest BCUT2D eigenvalue weighted by Gasteiger charge is -2.45. The maximum atomic E-state index is 11.6. The van der Waals surface area contributed by atoms with Crippen molar-refractivity contribution in [3.05, 3.63) is 12.3 Å². The van der Waals surface area contributed by atoms with E-state index in [4.69, 9.17) is 18.9 Å². The fourth-order valence-electron chi connectivity index (χ4n) is 4.25. The van der Waals surface area contributed by atoms with E-state index in [9.17, 15) is 35.4 Å². The van der Waals surface area contributed by atoms with Gasteiger partial charge in [0.1, 0.15) is 35.6 Å². The van der Waals surface area contributed by atoms with Crippen LogP contribution >= 0.6 is 0 Å². The third-order valence-corrected chi connectivity index (χ3v) is 5.60. The van der Waals surface area contributed by atoms with Gasteiger partial charge in [0.15, 0.2) is 6.29 Å². The molecule has 0 amide bonds. The van der Waals surface area contributed by atoms with Gasteiger partial charge in [0.25, 0.3) is 0 Å². The molecular weight excluding hydrogens is 380 g/mol. The summed E-state index contributed by atoms with van der Waals surface area (Å²) >= 11 is 0. The lowest BCUT2D eigenvalue weighted by atomic mass is 9.81. The lowest BCUT2D eigenvalue weighted by Crippen LogP contribution is -2.62. The molecule has 10 atom stereocenters. The summed E-state index contributed by atoms with van der Waals surface area (Å²) in [5.41, 5.74) is -3.22. The van der Waals surface area contributed by atoms with E-state index in [0.29, 0.717) is 0 Å². The molecular formula is C17H26O11. The molecule has 3 rings (SSSR count). The van der Waals surface area contributed by atoms with Gasteiger partial charge in [0.2, 0.25) is 6.29 Å². The minimum atomic E-state index is -1.85. The summed E-state index contributed by atoms with van der Waals surface area (Å²) < 4.78 is 21.7. The first-order chi connectivity index (χ1) is 13.0. The Morgan fingerprint density at radius 3 is 2.46 bits per heavy atom. The maximum Gasteiger partial charge on any atom is 0.303 e. The Labute approximate surface area is 160 Å². The maximum absolute atomic E-state index is 11.6. The fourth-order valence-corrected chi connectivity index (χ4v) is 4.25. The Hall–Kier alpha value is -1.31. The number of rotatable bonds is 4. The number of aliphatic hydroxyl groups is 6. The molecule has 11 heteroatoms. The lowest BCUT2D eigenvalue weighted by molar-refractivity contribution is -0.351. The molecule has 1 saturated carbocycles. The van der Waals surface area contributed by atoms with Crippen LogP contribution in [0.1, 0.15) is 20.3 Å². The van der Waals surface area contributed by atoms with Crippen LogP contribution in [-0.4, -0.2) is 97.5 Å². The van der Waals surface area contributed by atoms with Crippen molar-refractivity contribution in [3.8, 4) is 0 Å². The molecule has 0 aromatic carbocycles. The van der Waals surface area contributed by atoms with Crippen molar-refractivity contribution in [3.63, 3.8) is 0 Å². The van der Waals surface area contributed by atoms with Crippen LogP contribution in [0, 0.1) is 5.92 Å². The Morgan fingerprint density at radius 2 is 1.86 bits per heavy atom. The quantitative estimate of drug-likeness (QED) is 0.264. The molecule has 6 N–H and O–H groups in total. The van der Waals surface area contributed by atoms with Crippen LogP contribution in [0.5, 0.6) is 0 Å². The highest BCUT2D eigenvalue weighted by Crippen LogP contribution is 2.51. The summed E-state index contributed by atoms with van der Waals surface area (Å²) in [6.45, 7) is 2.04. The monoisotopic (exact) mass is 406 g/mol. The van der Waals surface area contributed by atoms with Crippen LogP contribution in [0.4, 0.5) is 0 Å². The highest BCUT2D eigenvalue weighted by atomic mass is 16.8. The van der Waals surface area contributed by atoms with Crippen LogP contribution in [-0.2, 0) is 23.7 Å². The number of esters is 1. The Balaban J connectivity index is 1.87. The van der Waals surface area contributed by atoms with E-state index in [1.54, 1.807) is 0 Å². The average molecular weight is 406 g/mol. The van der Waals surface area contributed by atoms with E-state index in [1.807, 2.05) is 0 Å². The summed E-state index contributed by atoms with van der Waals surface area (Å²) in [5, 5.41) is 60.6. The molecule has 28 heavy (non-hydrogen) atoms. The average Bonchev–Trinajstić information content (AvgIpc) is 2.81. The van der Waals surface area contributed by atoms with Crippen molar-refractivity contribution in [2.24, 2.45) is 5.92 Å². The fraction of sp³-hybridized carbons (Fsp3) is 0.824. The number of aliphatic hydroxyl groups excluding tert-OH is 5. The van der Waals surface area contributed by atoms with Crippen LogP contribution < -0.4 is 0 Å². The summed E-state index contributed by atoms with van der Waals surface area (Å²) in [5.74, 6) is -1.74. The molecule has 2 aliphatic heterocycles. The zero-order chi connectivity index (χ0) is 20.9. The highest BCUT2D eigenvalue weighted by Gasteiger charge is 2.66. The minimum Gasteiger partial charge on any atom is -0.472 e. The molecule has 0 aromatic heterocycles. The summed E-state index contributed by atoms with van der Waals surface area (Å²) in [7, 11) is 0. The third kappa shape index (κ3) is 3.42. The van der Waals surface area contributed by atoms with Gasteiger partial charge in [0, 0.05) is 13.3 Å². The van der Waals surface area contributed by atoms with Crippen LogP contribution in [0.2, 0.25) is 0 Å². The van der Waals surface area contributed by atoms with Gasteiger partial charge in [-0.05, 0) is 13.0 Å². The van der Waals surface area contributed by atoms with Crippen molar-refractivity contribution in [2.45, 2.75) is 74.6 Å². The van der Waals surface area contributed by atoms with E-state index in [1.165, 1.54) is 19.9 Å². The van der Waals surface area contributed by atoms with Crippen LogP contribution in [0.25, 0.3) is 0 Å². The van der Waals surface area contributed by atoms with Gasteiger partial charge < -0.3 is 49.6 Å². The molecule has 1 saturated heterocycles. The van der Waals surface area contributed by atoms with Gasteiger partial charge >= 0.3 is 5.97 Å². The van der Waals surface area contributed by atoms with E-state index >= 15 is 0 Å². The zero-order valence-electron chi connectivity index (χ0n) is 15.4. The second-order valence-corrected chi connectivity index (χ2v) is 7.63. The Kier molecular flexibility index (Phi) is 5.73. The molecule has 2 fully saturated rings. The van der Waals surface area contributed by atoms with E-state index in [2.05, 4.69) is 0 Å². The predicted octanol–water partition coefficient (Wildman–Crippen LogP) is -2.89. The van der Waals surface area contributed by atoms with Crippen LogP contribution in [0.15, 0.2) is 12.3 Å². The van der Waals surface area contributed by atoms with Crippen molar-refractivity contribution >= 4 is 5.97 Å². The first-order valence-corrected chi connectivity index (χ1v) is 8.92. The number of hydrogen-bond acceptors (Lipinski definition) is 11. The molecule has 0 spiro atoms. The van der Waals surface area contributed by atoms with Gasteiger partial charge in [0.05, 0.1) is 24.9 Å². The molecule has 160 valence electrons. The number of carbonyl (C=O) groups excluding carboxylic acids is 1. The van der Waals surface area contributed by atoms with Gasteiger partial charge in [-0.3, -0.25) is 4.79 Å². The van der Waals surface area contributed by atoms with E-state index < -0.39 is 72.8 Å². The first kappa shape index (κ1) is 21.4. The summed E-state index contributed by atoms with van der Waals surface area (Å²) in [4.78, 5) is 11.6. The van der Waals surface area contributed by atoms with Crippen LogP contribution in [0.3, 0.4) is 0 Å². The second-order valence-electron chi connectivity index (χ2n) is 7.63. The molecule has 1 aliphatic carbocycles. The van der Waals surface area contributed by atoms with Gasteiger partial charge in [-0.2, -0.15) is 0 Å². The number of hydrogen-bond donors (Lipinski definition) is 6. The summed E-state index contributed by atoms with van der Waals surface area (Å²) in [6.07, 6.45) is -8.06. The largest absolute Gasteiger partial charge is 0.472 e. The molecule has 11 nitrogen and oxygen atoms in total. The second kappa shape index (κ2) is 7.50. The van der Waals surface area contributed by atoms with E-state index in [-0.39, 0.29) is 6.42 Å². The van der Waals surface area contributed by atoms with Crippen molar-refractivity contribution in [1.29, 1.82) is 0 Å². The molecule has 1 unspecified atom stereocenters. The van der Waals surface area contributed by atoms with Gasteiger partial charge in [-0.15, -0.1) is 0 Å². The predicted molar refractivity (Wildman–Crippen MR) is 88.1 cm³/mol. The Morgan fingerprint density at radius 1 is 1.18 bits per heavy atom. The molecule has 3 aliphatic rings. The SMILES string of the molecule is CC(=O)OC1(C)C[C@@H](O)[C@]2(O)C=CO[C@@H](O[C@@H]3O[C@H](CO)[C@@H](O)[C@H](O)[C@H]3O)[C@H]12. The molecule has 0 radical (unpaired) electrons. The Bertz CT molecular complexity index is 624. The van der Waals surface area contributed by atoms with E-state index in [0.717, 1.165) is 6.26 Å². The van der Waals surface area contributed by atoms with Gasteiger partial charge in [-0.1, -0.05) is 0 Å². The third-order valence-electron chi connectivity index (χ3n) is 5.60. The topological polar surface area (TPSA) is 175 Å². The summed E-state index contributed by atoms with van der Waals surface area (Å²) in [6, 6.07) is 0. The van der Waals surface area contributed by atoms with Crippen molar-refractivity contribution in [1.82, 2.24) is 0 Å². The molecule has 0 aromatic rings. The zero-order valence-corrected chi connectivity index (χ0v) is 15.4. The normalized spacial score (nSPS) is 50.7. The van der Waals surface area contributed by atoms with Crippen molar-refractivity contribution in [2.75, 3.05) is 6.61 Å². The number of carbonyl (C=O) groups is 1. The minimum absolute atomic E-state index is 0.101. The number of fused-ring (bicyclic) bond motifs is 1. The van der Waals surface area contributed by atoms with Gasteiger partial charge in [-0.25, -0.2) is 0 Å². The highest BCUT2D eigenvalue weighted by molar-refractivity contribution is 5.66. The van der Waals surface area contributed by atoms with Crippen molar-refractivity contribution < 1.29 is 54.4 Å². The molecule has 2 heterocycles. The molecule has 0 bridgehead atoms. The smallest absolute Gasteiger partial charge is 0.303 e. The first-order valence-electron chi connectivity index (χ1n) is 8.92. The standard InChI is InChI=1S/C17H26O11/c1-7(19)28-16(2)5-9(20)17(24)3-4-25-15(13(16)17)27-14-12(23)11(22)10(21)8(6-18)26-14/h3-4,8-15,18,20-24H,5-6H2,1-2H3/t8-,9-,10-,11+,12-,13-,14+,15+,16?,17-/m1/s1.